The van der Waals surface area contributed by atoms with E-state index in [1.54, 1.807) is 37.5 Å². The Hall–Kier alpha value is -2.58. The summed E-state index contributed by atoms with van der Waals surface area (Å²) >= 11 is 7.16. The van der Waals surface area contributed by atoms with Gasteiger partial charge in [-0.25, -0.2) is 9.50 Å². The molecule has 2 amide bonds. The molecule has 25 heavy (non-hydrogen) atoms. The van der Waals surface area contributed by atoms with Gasteiger partial charge in [0, 0.05) is 22.3 Å². The molecule has 128 valence electrons. The highest BCUT2D eigenvalue weighted by atomic mass is 35.5. The van der Waals surface area contributed by atoms with Crippen LogP contribution in [0, 0.1) is 6.92 Å². The smallest absolute Gasteiger partial charge is 0.272 e. The van der Waals surface area contributed by atoms with Crippen LogP contribution in [0.2, 0.25) is 5.02 Å². The van der Waals surface area contributed by atoms with Crippen LogP contribution < -0.4 is 10.9 Å². The van der Waals surface area contributed by atoms with E-state index in [0.717, 1.165) is 4.90 Å². The molecule has 0 unspecified atom stereocenters. The van der Waals surface area contributed by atoms with Gasteiger partial charge >= 0.3 is 0 Å². The van der Waals surface area contributed by atoms with Crippen LogP contribution in [0.4, 0.5) is 0 Å². The van der Waals surface area contributed by atoms with Crippen LogP contribution in [-0.4, -0.2) is 32.2 Å². The lowest BCUT2D eigenvalue weighted by Gasteiger charge is -2.07. The average molecular weight is 376 g/mol. The lowest BCUT2D eigenvalue weighted by atomic mass is 10.2. The molecule has 2 N–H and O–H groups in total. The van der Waals surface area contributed by atoms with E-state index in [2.05, 4.69) is 20.9 Å². The minimum atomic E-state index is -0.462. The number of carbonyl (C=O) groups excluding carboxylic acids is 2. The summed E-state index contributed by atoms with van der Waals surface area (Å²) in [7, 11) is 0. The van der Waals surface area contributed by atoms with E-state index in [1.807, 2.05) is 12.1 Å². The molecular formula is C16H14ClN5O2S. The molecule has 0 spiro atoms. The summed E-state index contributed by atoms with van der Waals surface area (Å²) in [6.45, 7) is 1.71. The van der Waals surface area contributed by atoms with E-state index in [9.17, 15) is 9.59 Å². The van der Waals surface area contributed by atoms with Crippen molar-refractivity contribution in [1.29, 1.82) is 0 Å². The first-order valence-electron chi connectivity index (χ1n) is 7.32. The van der Waals surface area contributed by atoms with Gasteiger partial charge in [-0.3, -0.25) is 20.4 Å². The Morgan fingerprint density at radius 1 is 1.24 bits per heavy atom. The molecule has 2 aromatic heterocycles. The maximum absolute atomic E-state index is 12.3. The SMILES string of the molecule is Cc1nn2cccnc2c1C(=O)NNC(=O)CSc1ccc(Cl)cc1. The number of nitrogens with zero attached hydrogens (tertiary/aromatic N) is 3. The molecule has 0 atom stereocenters. The number of hydrazine groups is 1. The van der Waals surface area contributed by atoms with Crippen LogP contribution in [0.3, 0.4) is 0 Å². The molecule has 0 bridgehead atoms. The fourth-order valence-corrected chi connectivity index (χ4v) is 2.99. The highest BCUT2D eigenvalue weighted by Gasteiger charge is 2.18. The van der Waals surface area contributed by atoms with Crippen molar-refractivity contribution in [3.8, 4) is 0 Å². The number of fused-ring (bicyclic) bond motifs is 1. The van der Waals surface area contributed by atoms with E-state index >= 15 is 0 Å². The molecule has 0 saturated carbocycles. The van der Waals surface area contributed by atoms with E-state index in [0.29, 0.717) is 21.9 Å². The Bertz CT molecular complexity index is 926. The summed E-state index contributed by atoms with van der Waals surface area (Å²) in [6, 6.07) is 8.88. The quantitative estimate of drug-likeness (QED) is 0.539. The predicted octanol–water partition coefficient (Wildman–Crippen LogP) is 2.24. The van der Waals surface area contributed by atoms with E-state index in [-0.39, 0.29) is 11.7 Å². The molecule has 0 aliphatic carbocycles. The number of hydrogen-bond acceptors (Lipinski definition) is 5. The van der Waals surface area contributed by atoms with Crippen molar-refractivity contribution in [3.05, 3.63) is 59.0 Å². The summed E-state index contributed by atoms with van der Waals surface area (Å²) in [6.07, 6.45) is 3.28. The zero-order valence-electron chi connectivity index (χ0n) is 13.2. The maximum atomic E-state index is 12.3. The first kappa shape index (κ1) is 17.2. The lowest BCUT2D eigenvalue weighted by molar-refractivity contribution is -0.119. The minimum absolute atomic E-state index is 0.161. The van der Waals surface area contributed by atoms with Crippen molar-refractivity contribution in [2.45, 2.75) is 11.8 Å². The van der Waals surface area contributed by atoms with Crippen LogP contribution in [0.1, 0.15) is 16.1 Å². The van der Waals surface area contributed by atoms with Crippen molar-refractivity contribution in [1.82, 2.24) is 25.4 Å². The molecule has 0 fully saturated rings. The van der Waals surface area contributed by atoms with Gasteiger partial charge in [-0.05, 0) is 37.3 Å². The van der Waals surface area contributed by atoms with Crippen LogP contribution >= 0.6 is 23.4 Å². The molecule has 3 rings (SSSR count). The van der Waals surface area contributed by atoms with E-state index < -0.39 is 5.91 Å². The summed E-state index contributed by atoms with van der Waals surface area (Å²) in [4.78, 5) is 29.3. The Morgan fingerprint density at radius 2 is 2.00 bits per heavy atom. The zero-order valence-corrected chi connectivity index (χ0v) is 14.8. The van der Waals surface area contributed by atoms with Crippen molar-refractivity contribution in [2.24, 2.45) is 0 Å². The number of hydrogen-bond donors (Lipinski definition) is 2. The number of amides is 2. The molecule has 3 aromatic rings. The van der Waals surface area contributed by atoms with Gasteiger partial charge in [0.25, 0.3) is 5.91 Å². The third kappa shape index (κ3) is 4.09. The second-order valence-corrected chi connectivity index (χ2v) is 6.58. The second-order valence-electron chi connectivity index (χ2n) is 5.09. The van der Waals surface area contributed by atoms with Gasteiger partial charge in [-0.15, -0.1) is 11.8 Å². The predicted molar refractivity (Wildman–Crippen MR) is 95.5 cm³/mol. The largest absolute Gasteiger partial charge is 0.275 e. The number of nitrogens with one attached hydrogen (secondary N) is 2. The van der Waals surface area contributed by atoms with Crippen molar-refractivity contribution < 1.29 is 9.59 Å². The molecule has 7 nitrogen and oxygen atoms in total. The summed E-state index contributed by atoms with van der Waals surface area (Å²) in [5.74, 6) is -0.625. The van der Waals surface area contributed by atoms with Gasteiger partial charge in [0.2, 0.25) is 5.91 Å². The number of aryl methyl sites for hydroxylation is 1. The number of aromatic nitrogens is 3. The molecule has 0 radical (unpaired) electrons. The Kier molecular flexibility index (Phi) is 5.20. The first-order chi connectivity index (χ1) is 12.0. The average Bonchev–Trinajstić information content (AvgIpc) is 2.95. The topological polar surface area (TPSA) is 88.4 Å². The fourth-order valence-electron chi connectivity index (χ4n) is 2.17. The molecule has 2 heterocycles. The highest BCUT2D eigenvalue weighted by Crippen LogP contribution is 2.19. The number of rotatable bonds is 4. The lowest BCUT2D eigenvalue weighted by Crippen LogP contribution is -2.42. The first-order valence-corrected chi connectivity index (χ1v) is 8.68. The van der Waals surface area contributed by atoms with Gasteiger partial charge < -0.3 is 0 Å². The monoisotopic (exact) mass is 375 g/mol. The number of thioether (sulfide) groups is 1. The Labute approximate surface area is 152 Å². The molecule has 9 heteroatoms. The number of carbonyl (C=O) groups is 2. The fraction of sp³-hybridized carbons (Fsp3) is 0.125. The van der Waals surface area contributed by atoms with Crippen molar-refractivity contribution >= 4 is 40.8 Å². The van der Waals surface area contributed by atoms with Crippen LogP contribution in [-0.2, 0) is 4.79 Å². The molecule has 0 aliphatic rings. The number of benzene rings is 1. The van der Waals surface area contributed by atoms with Gasteiger partial charge in [0.1, 0.15) is 5.56 Å². The molecule has 0 aliphatic heterocycles. The van der Waals surface area contributed by atoms with Gasteiger partial charge in [-0.1, -0.05) is 11.6 Å². The van der Waals surface area contributed by atoms with E-state index in [4.69, 9.17) is 11.6 Å². The normalized spacial score (nSPS) is 10.6. The third-order valence-corrected chi connectivity index (χ3v) is 4.56. The summed E-state index contributed by atoms with van der Waals surface area (Å²) in [5.41, 5.74) is 6.08. The van der Waals surface area contributed by atoms with Crippen LogP contribution in [0.25, 0.3) is 5.65 Å². The Balaban J connectivity index is 1.57. The van der Waals surface area contributed by atoms with Crippen molar-refractivity contribution in [2.75, 3.05) is 5.75 Å². The standard InChI is InChI=1S/C16H14ClN5O2S/c1-10-14(15-18-7-2-8-22(15)21-10)16(24)20-19-13(23)9-25-12-5-3-11(17)4-6-12/h2-8H,9H2,1H3,(H,19,23)(H,20,24). The highest BCUT2D eigenvalue weighted by molar-refractivity contribution is 8.00. The molecule has 1 aromatic carbocycles. The van der Waals surface area contributed by atoms with Gasteiger partial charge in [-0.2, -0.15) is 5.10 Å². The summed E-state index contributed by atoms with van der Waals surface area (Å²) in [5, 5.41) is 4.85. The Morgan fingerprint density at radius 3 is 2.76 bits per heavy atom. The summed E-state index contributed by atoms with van der Waals surface area (Å²) < 4.78 is 1.52. The number of halogens is 1. The van der Waals surface area contributed by atoms with Gasteiger partial charge in [0.05, 0.1) is 11.4 Å². The maximum Gasteiger partial charge on any atom is 0.275 e. The van der Waals surface area contributed by atoms with Crippen LogP contribution in [0.5, 0.6) is 0 Å². The third-order valence-electron chi connectivity index (χ3n) is 3.30. The molecular weight excluding hydrogens is 362 g/mol. The minimum Gasteiger partial charge on any atom is -0.272 e. The second kappa shape index (κ2) is 7.54. The van der Waals surface area contributed by atoms with Crippen molar-refractivity contribution in [3.63, 3.8) is 0 Å². The van der Waals surface area contributed by atoms with Crippen LogP contribution in [0.15, 0.2) is 47.6 Å². The van der Waals surface area contributed by atoms with E-state index in [1.165, 1.54) is 16.3 Å². The van der Waals surface area contributed by atoms with Gasteiger partial charge in [0.15, 0.2) is 5.65 Å². The zero-order chi connectivity index (χ0) is 17.8. The molecule has 0 saturated heterocycles.